The van der Waals surface area contributed by atoms with Gasteiger partial charge in [-0.15, -0.1) is 10.2 Å². The van der Waals surface area contributed by atoms with E-state index in [1.54, 1.807) is 0 Å². The first kappa shape index (κ1) is 14.9. The minimum absolute atomic E-state index is 0.136. The van der Waals surface area contributed by atoms with Gasteiger partial charge in [0.15, 0.2) is 5.82 Å². The number of carbonyl (C=O) groups is 1. The Kier molecular flexibility index (Phi) is 3.78. The molecule has 7 heteroatoms. The summed E-state index contributed by atoms with van der Waals surface area (Å²) >= 11 is 0. The fraction of sp³-hybridized carbons (Fsp3) is 0.353. The molecule has 124 valence electrons. The molecule has 0 aliphatic carbocycles. The number of fused-ring (bicyclic) bond motifs is 2. The van der Waals surface area contributed by atoms with E-state index < -0.39 is 0 Å². The predicted octanol–water partition coefficient (Wildman–Crippen LogP) is 1.40. The summed E-state index contributed by atoms with van der Waals surface area (Å²) in [5, 5.41) is 15.9. The normalized spacial score (nSPS) is 15.7. The molecule has 0 fully saturated rings. The summed E-state index contributed by atoms with van der Waals surface area (Å²) in [7, 11) is 0. The van der Waals surface area contributed by atoms with E-state index in [2.05, 4.69) is 30.4 Å². The van der Waals surface area contributed by atoms with E-state index in [-0.39, 0.29) is 11.9 Å². The highest BCUT2D eigenvalue weighted by Crippen LogP contribution is 2.17. The van der Waals surface area contributed by atoms with E-state index in [4.69, 9.17) is 0 Å². The number of carbonyl (C=O) groups excluding carboxylic acids is 1. The van der Waals surface area contributed by atoms with Gasteiger partial charge in [0.2, 0.25) is 0 Å². The van der Waals surface area contributed by atoms with Crippen molar-refractivity contribution >= 4 is 16.8 Å². The van der Waals surface area contributed by atoms with Crippen molar-refractivity contribution in [3.05, 3.63) is 47.7 Å². The maximum absolute atomic E-state index is 12.5. The van der Waals surface area contributed by atoms with Gasteiger partial charge >= 0.3 is 0 Å². The third-order valence-electron chi connectivity index (χ3n) is 4.40. The smallest absolute Gasteiger partial charge is 0.268 e. The van der Waals surface area contributed by atoms with Crippen LogP contribution in [0.3, 0.4) is 0 Å². The topological polar surface area (TPSA) is 87.6 Å². The van der Waals surface area contributed by atoms with Gasteiger partial charge in [0.1, 0.15) is 11.5 Å². The standard InChI is InChI=1S/C17H20N6O/c1-11(16-22-21-15-6-7-18-8-9-23(15)16)19-17(24)14-10-12-4-2-3-5-13(12)20-14/h2-5,10-11,18,20H,6-9H2,1H3,(H,19,24). The van der Waals surface area contributed by atoms with Gasteiger partial charge in [-0.1, -0.05) is 18.2 Å². The first-order valence-electron chi connectivity index (χ1n) is 8.23. The van der Waals surface area contributed by atoms with Gasteiger partial charge in [0, 0.05) is 37.0 Å². The molecule has 2 aromatic heterocycles. The number of hydrogen-bond acceptors (Lipinski definition) is 4. The monoisotopic (exact) mass is 324 g/mol. The number of amides is 1. The van der Waals surface area contributed by atoms with Crippen molar-refractivity contribution in [1.29, 1.82) is 0 Å². The van der Waals surface area contributed by atoms with Crippen LogP contribution >= 0.6 is 0 Å². The molecule has 1 amide bonds. The lowest BCUT2D eigenvalue weighted by Crippen LogP contribution is -2.29. The SMILES string of the molecule is CC(NC(=O)c1cc2ccccc2[nH]1)c1nnc2n1CCNCC2. The van der Waals surface area contributed by atoms with Crippen molar-refractivity contribution < 1.29 is 4.79 Å². The van der Waals surface area contributed by atoms with Gasteiger partial charge in [0.25, 0.3) is 5.91 Å². The Hall–Kier alpha value is -2.67. The Bertz CT molecular complexity index is 847. The number of aromatic amines is 1. The molecule has 24 heavy (non-hydrogen) atoms. The number of benzene rings is 1. The lowest BCUT2D eigenvalue weighted by molar-refractivity contribution is 0.0933. The zero-order valence-corrected chi connectivity index (χ0v) is 13.5. The van der Waals surface area contributed by atoms with Crippen LogP contribution in [0, 0.1) is 0 Å². The summed E-state index contributed by atoms with van der Waals surface area (Å²) in [5.41, 5.74) is 1.51. The Balaban J connectivity index is 1.54. The molecule has 1 aliphatic rings. The zero-order chi connectivity index (χ0) is 16.5. The Morgan fingerprint density at radius 2 is 2.17 bits per heavy atom. The average molecular weight is 324 g/mol. The van der Waals surface area contributed by atoms with Crippen LogP contribution in [0.4, 0.5) is 0 Å². The number of para-hydroxylation sites is 1. The maximum Gasteiger partial charge on any atom is 0.268 e. The van der Waals surface area contributed by atoms with Gasteiger partial charge in [-0.25, -0.2) is 0 Å². The molecule has 4 rings (SSSR count). The van der Waals surface area contributed by atoms with Crippen LogP contribution in [0.15, 0.2) is 30.3 Å². The number of H-pyrrole nitrogens is 1. The third kappa shape index (κ3) is 2.67. The molecule has 1 atom stereocenters. The molecule has 3 N–H and O–H groups in total. The molecule has 1 aromatic carbocycles. The summed E-state index contributed by atoms with van der Waals surface area (Å²) in [6, 6.07) is 9.51. The van der Waals surface area contributed by atoms with Crippen LogP contribution in [-0.4, -0.2) is 38.7 Å². The zero-order valence-electron chi connectivity index (χ0n) is 13.5. The highest BCUT2D eigenvalue weighted by atomic mass is 16.1. The van der Waals surface area contributed by atoms with Crippen molar-refractivity contribution in [2.24, 2.45) is 0 Å². The summed E-state index contributed by atoms with van der Waals surface area (Å²) in [6.07, 6.45) is 0.857. The van der Waals surface area contributed by atoms with Crippen LogP contribution < -0.4 is 10.6 Å². The van der Waals surface area contributed by atoms with Crippen LogP contribution in [0.5, 0.6) is 0 Å². The summed E-state index contributed by atoms with van der Waals surface area (Å²) in [6.45, 7) is 4.56. The maximum atomic E-state index is 12.5. The number of nitrogens with one attached hydrogen (secondary N) is 3. The van der Waals surface area contributed by atoms with E-state index in [1.165, 1.54) is 0 Å². The predicted molar refractivity (Wildman–Crippen MR) is 90.8 cm³/mol. The van der Waals surface area contributed by atoms with E-state index >= 15 is 0 Å². The van der Waals surface area contributed by atoms with Crippen LogP contribution in [-0.2, 0) is 13.0 Å². The van der Waals surface area contributed by atoms with E-state index in [9.17, 15) is 4.79 Å². The highest BCUT2D eigenvalue weighted by Gasteiger charge is 2.21. The molecule has 0 saturated carbocycles. The summed E-state index contributed by atoms with van der Waals surface area (Å²) in [5.74, 6) is 1.64. The second-order valence-corrected chi connectivity index (χ2v) is 6.09. The molecular formula is C17H20N6O. The molecule has 7 nitrogen and oxygen atoms in total. The fourth-order valence-corrected chi connectivity index (χ4v) is 3.15. The van der Waals surface area contributed by atoms with Crippen molar-refractivity contribution in [3.8, 4) is 0 Å². The molecule has 3 heterocycles. The summed E-state index contributed by atoms with van der Waals surface area (Å²) in [4.78, 5) is 15.7. The molecule has 0 bridgehead atoms. The largest absolute Gasteiger partial charge is 0.351 e. The summed E-state index contributed by atoms with van der Waals surface area (Å²) < 4.78 is 2.11. The van der Waals surface area contributed by atoms with Gasteiger partial charge < -0.3 is 20.2 Å². The van der Waals surface area contributed by atoms with Gasteiger partial charge in [-0.3, -0.25) is 4.79 Å². The second kappa shape index (κ2) is 6.09. The van der Waals surface area contributed by atoms with Crippen molar-refractivity contribution in [3.63, 3.8) is 0 Å². The molecule has 0 radical (unpaired) electrons. The third-order valence-corrected chi connectivity index (χ3v) is 4.40. The number of hydrogen-bond donors (Lipinski definition) is 3. The Labute approximate surface area is 139 Å². The lowest BCUT2D eigenvalue weighted by atomic mass is 10.2. The molecular weight excluding hydrogens is 304 g/mol. The van der Waals surface area contributed by atoms with Crippen LogP contribution in [0.25, 0.3) is 10.9 Å². The number of nitrogens with zero attached hydrogens (tertiary/aromatic N) is 3. The first-order valence-corrected chi connectivity index (χ1v) is 8.23. The Morgan fingerprint density at radius 3 is 3.04 bits per heavy atom. The molecule has 1 aliphatic heterocycles. The van der Waals surface area contributed by atoms with E-state index in [0.29, 0.717) is 5.69 Å². The number of aromatic nitrogens is 4. The second-order valence-electron chi connectivity index (χ2n) is 6.09. The van der Waals surface area contributed by atoms with Crippen molar-refractivity contribution in [2.75, 3.05) is 13.1 Å². The molecule has 3 aromatic rings. The fourth-order valence-electron chi connectivity index (χ4n) is 3.15. The quantitative estimate of drug-likeness (QED) is 0.679. The molecule has 0 saturated heterocycles. The van der Waals surface area contributed by atoms with Gasteiger partial charge in [-0.2, -0.15) is 0 Å². The molecule has 1 unspecified atom stereocenters. The van der Waals surface area contributed by atoms with E-state index in [1.807, 2.05) is 37.3 Å². The van der Waals surface area contributed by atoms with Gasteiger partial charge in [-0.05, 0) is 19.1 Å². The minimum Gasteiger partial charge on any atom is -0.351 e. The van der Waals surface area contributed by atoms with Gasteiger partial charge in [0.05, 0.1) is 6.04 Å². The van der Waals surface area contributed by atoms with E-state index in [0.717, 1.165) is 48.6 Å². The van der Waals surface area contributed by atoms with Crippen molar-refractivity contribution in [2.45, 2.75) is 25.9 Å². The van der Waals surface area contributed by atoms with Crippen LogP contribution in [0.2, 0.25) is 0 Å². The lowest BCUT2D eigenvalue weighted by Gasteiger charge is -2.14. The molecule has 0 spiro atoms. The average Bonchev–Trinajstić information content (AvgIpc) is 3.12. The highest BCUT2D eigenvalue weighted by molar-refractivity contribution is 5.98. The first-order chi connectivity index (χ1) is 11.7. The van der Waals surface area contributed by atoms with Crippen molar-refractivity contribution in [1.82, 2.24) is 30.4 Å². The van der Waals surface area contributed by atoms with Crippen LogP contribution in [0.1, 0.15) is 35.1 Å². The minimum atomic E-state index is -0.205. The number of rotatable bonds is 3. The Morgan fingerprint density at radius 1 is 1.29 bits per heavy atom.